The number of ether oxygens (including phenoxy) is 1. The summed E-state index contributed by atoms with van der Waals surface area (Å²) < 4.78 is 7.12. The summed E-state index contributed by atoms with van der Waals surface area (Å²) in [6.45, 7) is 0. The van der Waals surface area contributed by atoms with Gasteiger partial charge in [-0.05, 0) is 17.7 Å². The largest absolute Gasteiger partial charge is 0.423 e. The lowest BCUT2D eigenvalue weighted by atomic mass is 10.2. The second kappa shape index (κ2) is 5.52. The molecule has 0 radical (unpaired) electrons. The van der Waals surface area contributed by atoms with Crippen LogP contribution in [0, 0.1) is 0 Å². The molecule has 0 spiro atoms. The summed E-state index contributed by atoms with van der Waals surface area (Å²) in [4.78, 5) is 13.4. The zero-order chi connectivity index (χ0) is 13.8. The van der Waals surface area contributed by atoms with Gasteiger partial charge in [-0.3, -0.25) is 0 Å². The molecular formula is C15H17N2O2+. The quantitative estimate of drug-likeness (QED) is 0.466. The fourth-order valence-corrected chi connectivity index (χ4v) is 1.66. The van der Waals surface area contributed by atoms with E-state index in [0.29, 0.717) is 11.3 Å². The summed E-state index contributed by atoms with van der Waals surface area (Å²) in [7, 11) is 5.70. The van der Waals surface area contributed by atoms with E-state index in [9.17, 15) is 4.79 Å². The molecule has 19 heavy (non-hydrogen) atoms. The molecule has 0 N–H and O–H groups in total. The number of carbonyl (C=O) groups excluding carboxylic acids is 1. The molecule has 0 atom stereocenters. The fraction of sp³-hybridized carbons (Fsp3) is 0.200. The summed E-state index contributed by atoms with van der Waals surface area (Å²) in [6, 6.07) is 3.98. The van der Waals surface area contributed by atoms with Crippen molar-refractivity contribution in [1.82, 2.24) is 4.90 Å². The second-order valence-electron chi connectivity index (χ2n) is 4.61. The molecule has 0 aromatic carbocycles. The number of pyridine rings is 1. The average molecular weight is 257 g/mol. The number of nitrogens with zero attached hydrogens (tertiary/aromatic N) is 2. The number of allylic oxidation sites excluding steroid dienone is 1. The predicted molar refractivity (Wildman–Crippen MR) is 72.6 cm³/mol. The van der Waals surface area contributed by atoms with Gasteiger partial charge in [0.05, 0.1) is 5.57 Å². The Morgan fingerprint density at radius 1 is 1.21 bits per heavy atom. The highest BCUT2D eigenvalue weighted by Crippen LogP contribution is 2.19. The van der Waals surface area contributed by atoms with Crippen LogP contribution in [0.3, 0.4) is 0 Å². The highest BCUT2D eigenvalue weighted by atomic mass is 16.5. The van der Waals surface area contributed by atoms with Gasteiger partial charge >= 0.3 is 5.97 Å². The first-order valence-electron chi connectivity index (χ1n) is 6.00. The van der Waals surface area contributed by atoms with Crippen LogP contribution in [0.4, 0.5) is 0 Å². The van der Waals surface area contributed by atoms with E-state index in [1.807, 2.05) is 61.2 Å². The molecule has 0 fully saturated rings. The van der Waals surface area contributed by atoms with Crippen molar-refractivity contribution in [2.75, 3.05) is 14.1 Å². The van der Waals surface area contributed by atoms with Crippen LogP contribution in [-0.2, 0) is 16.6 Å². The van der Waals surface area contributed by atoms with Crippen LogP contribution in [0.1, 0.15) is 5.56 Å². The first-order chi connectivity index (χ1) is 9.04. The number of cyclic esters (lactones) is 1. The van der Waals surface area contributed by atoms with E-state index >= 15 is 0 Å². The number of esters is 1. The maximum absolute atomic E-state index is 11.6. The monoisotopic (exact) mass is 257 g/mol. The Morgan fingerprint density at radius 3 is 2.53 bits per heavy atom. The standard InChI is InChI=1S/C15H17N2O2/c1-16(2)11-13-10-14(19-15(13)18)5-4-12-6-8-17(3)9-7-12/h4-11H,1-3H3/q+1. The van der Waals surface area contributed by atoms with Crippen molar-refractivity contribution >= 4 is 12.0 Å². The Balaban J connectivity index is 2.12. The molecule has 0 aliphatic carbocycles. The SMILES string of the molecule is CN(C)/C=C1C=C(/C=C/c2cc[n+](C)cc2)OC/1=O. The predicted octanol–water partition coefficient (Wildman–Crippen LogP) is 1.41. The van der Waals surface area contributed by atoms with E-state index in [-0.39, 0.29) is 5.97 Å². The summed E-state index contributed by atoms with van der Waals surface area (Å²) in [6.07, 6.45) is 11.1. The van der Waals surface area contributed by atoms with Crippen LogP contribution in [-0.4, -0.2) is 25.0 Å². The van der Waals surface area contributed by atoms with Crippen molar-refractivity contribution in [1.29, 1.82) is 0 Å². The average Bonchev–Trinajstić information content (AvgIpc) is 2.69. The van der Waals surface area contributed by atoms with Crippen LogP contribution in [0.15, 0.2) is 54.2 Å². The smallest absolute Gasteiger partial charge is 0.345 e. The highest BCUT2D eigenvalue weighted by molar-refractivity contribution is 5.95. The van der Waals surface area contributed by atoms with Gasteiger partial charge in [0.2, 0.25) is 0 Å². The first kappa shape index (κ1) is 13.1. The molecular weight excluding hydrogens is 240 g/mol. The van der Waals surface area contributed by atoms with E-state index in [1.54, 1.807) is 18.4 Å². The summed E-state index contributed by atoms with van der Waals surface area (Å²) in [5, 5.41) is 0. The lowest BCUT2D eigenvalue weighted by molar-refractivity contribution is -0.671. The highest BCUT2D eigenvalue weighted by Gasteiger charge is 2.19. The lowest BCUT2D eigenvalue weighted by Gasteiger charge is -2.03. The van der Waals surface area contributed by atoms with Crippen LogP contribution in [0.5, 0.6) is 0 Å². The molecule has 2 heterocycles. The first-order valence-corrected chi connectivity index (χ1v) is 6.00. The van der Waals surface area contributed by atoms with Crippen molar-refractivity contribution in [3.05, 3.63) is 59.8 Å². The molecule has 2 rings (SSSR count). The van der Waals surface area contributed by atoms with Crippen LogP contribution in [0.25, 0.3) is 6.08 Å². The van der Waals surface area contributed by atoms with Gasteiger partial charge in [0.25, 0.3) is 0 Å². The van der Waals surface area contributed by atoms with Crippen molar-refractivity contribution in [2.24, 2.45) is 7.05 Å². The molecule has 98 valence electrons. The van der Waals surface area contributed by atoms with Gasteiger partial charge in [-0.25, -0.2) is 9.36 Å². The van der Waals surface area contributed by atoms with Crippen molar-refractivity contribution in [3.63, 3.8) is 0 Å². The van der Waals surface area contributed by atoms with Crippen LogP contribution in [0.2, 0.25) is 0 Å². The molecule has 1 aromatic heterocycles. The minimum absolute atomic E-state index is 0.312. The number of carbonyl (C=O) groups is 1. The third-order valence-corrected chi connectivity index (χ3v) is 2.59. The number of aryl methyl sites for hydroxylation is 1. The lowest BCUT2D eigenvalue weighted by Crippen LogP contribution is -2.25. The van der Waals surface area contributed by atoms with E-state index in [0.717, 1.165) is 5.56 Å². The topological polar surface area (TPSA) is 33.4 Å². The molecule has 1 aliphatic rings. The Kier molecular flexibility index (Phi) is 3.80. The van der Waals surface area contributed by atoms with Gasteiger partial charge < -0.3 is 9.64 Å². The fourth-order valence-electron chi connectivity index (χ4n) is 1.66. The summed E-state index contributed by atoms with van der Waals surface area (Å²) in [5.74, 6) is 0.249. The van der Waals surface area contributed by atoms with Gasteiger partial charge in [0.15, 0.2) is 12.4 Å². The van der Waals surface area contributed by atoms with Crippen LogP contribution >= 0.6 is 0 Å². The third-order valence-electron chi connectivity index (χ3n) is 2.59. The molecule has 0 saturated heterocycles. The van der Waals surface area contributed by atoms with Crippen LogP contribution < -0.4 is 4.57 Å². The molecule has 1 aliphatic heterocycles. The maximum Gasteiger partial charge on any atom is 0.345 e. The molecule has 0 saturated carbocycles. The number of hydrogen-bond donors (Lipinski definition) is 0. The van der Waals surface area contributed by atoms with Gasteiger partial charge in [-0.15, -0.1) is 0 Å². The molecule has 4 heteroatoms. The Hall–Kier alpha value is -2.36. The maximum atomic E-state index is 11.6. The Labute approximate surface area is 112 Å². The minimum atomic E-state index is -0.312. The van der Waals surface area contributed by atoms with E-state index in [1.165, 1.54) is 0 Å². The van der Waals surface area contributed by atoms with Crippen molar-refractivity contribution in [2.45, 2.75) is 0 Å². The van der Waals surface area contributed by atoms with Gasteiger partial charge in [-0.2, -0.15) is 0 Å². The zero-order valence-corrected chi connectivity index (χ0v) is 11.3. The molecule has 4 nitrogen and oxygen atoms in total. The van der Waals surface area contributed by atoms with E-state index in [2.05, 4.69) is 0 Å². The Morgan fingerprint density at radius 2 is 1.89 bits per heavy atom. The van der Waals surface area contributed by atoms with Gasteiger partial charge in [0.1, 0.15) is 12.8 Å². The van der Waals surface area contributed by atoms with E-state index in [4.69, 9.17) is 4.74 Å². The molecule has 1 aromatic rings. The Bertz CT molecular complexity index is 566. The number of rotatable bonds is 3. The van der Waals surface area contributed by atoms with Crippen molar-refractivity contribution < 1.29 is 14.1 Å². The third kappa shape index (κ3) is 3.55. The molecule has 0 bridgehead atoms. The minimum Gasteiger partial charge on any atom is -0.423 e. The van der Waals surface area contributed by atoms with Crippen molar-refractivity contribution in [3.8, 4) is 0 Å². The second-order valence-corrected chi connectivity index (χ2v) is 4.61. The normalized spacial score (nSPS) is 16.9. The number of hydrogen-bond acceptors (Lipinski definition) is 3. The van der Waals surface area contributed by atoms with Gasteiger partial charge in [0, 0.05) is 32.4 Å². The zero-order valence-electron chi connectivity index (χ0n) is 11.3. The molecule has 0 unspecified atom stereocenters. The number of aromatic nitrogens is 1. The summed E-state index contributed by atoms with van der Waals surface area (Å²) >= 11 is 0. The summed E-state index contributed by atoms with van der Waals surface area (Å²) in [5.41, 5.74) is 1.61. The van der Waals surface area contributed by atoms with E-state index < -0.39 is 0 Å². The molecule has 0 amide bonds. The van der Waals surface area contributed by atoms with Gasteiger partial charge in [-0.1, -0.05) is 6.08 Å².